The fraction of sp³-hybridized carbons (Fsp3) is 0.538. The van der Waals surface area contributed by atoms with Crippen molar-refractivity contribution in [3.63, 3.8) is 0 Å². The van der Waals surface area contributed by atoms with Crippen molar-refractivity contribution in [2.75, 3.05) is 50.2 Å². The van der Waals surface area contributed by atoms with Crippen molar-refractivity contribution < 1.29 is 33.6 Å². The Bertz CT molecular complexity index is 1110. The van der Waals surface area contributed by atoms with Gasteiger partial charge in [-0.15, -0.1) is 0 Å². The van der Waals surface area contributed by atoms with Gasteiger partial charge in [-0.2, -0.15) is 9.97 Å². The molecule has 1 aromatic carbocycles. The van der Waals surface area contributed by atoms with Crippen molar-refractivity contribution >= 4 is 23.4 Å². The van der Waals surface area contributed by atoms with Gasteiger partial charge in [0.1, 0.15) is 30.7 Å². The van der Waals surface area contributed by atoms with E-state index in [0.717, 1.165) is 31.4 Å². The largest absolute Gasteiger partial charge is 0.481 e. The van der Waals surface area contributed by atoms with Gasteiger partial charge >= 0.3 is 12.0 Å². The first-order chi connectivity index (χ1) is 18.0. The molecule has 1 unspecified atom stereocenters. The minimum atomic E-state index is -0.723. The number of carbonyl (C=O) groups is 2. The Balaban J connectivity index is 1.25. The highest BCUT2D eigenvalue weighted by Crippen LogP contribution is 2.38. The smallest absolute Gasteiger partial charge is 0.321 e. The van der Waals surface area contributed by atoms with Gasteiger partial charge in [-0.1, -0.05) is 12.1 Å². The number of amides is 1. The quantitative estimate of drug-likeness (QED) is 0.567. The number of carboxylic acids is 1. The van der Waals surface area contributed by atoms with Crippen LogP contribution in [0.25, 0.3) is 0 Å². The summed E-state index contributed by atoms with van der Waals surface area (Å²) in [7, 11) is 0. The van der Waals surface area contributed by atoms with Crippen molar-refractivity contribution in [3.05, 3.63) is 35.4 Å². The highest BCUT2D eigenvalue weighted by atomic mass is 16.6. The Hall–Kier alpha value is -3.44. The van der Waals surface area contributed by atoms with Gasteiger partial charge in [0.05, 0.1) is 26.4 Å². The monoisotopic (exact) mass is 512 g/mol. The number of benzene rings is 1. The van der Waals surface area contributed by atoms with Crippen LogP contribution >= 0.6 is 0 Å². The molecule has 11 nitrogen and oxygen atoms in total. The molecule has 3 N–H and O–H groups in total. The fourth-order valence-electron chi connectivity index (χ4n) is 5.20. The molecule has 1 atom stereocenters. The average Bonchev–Trinajstić information content (AvgIpc) is 3.07. The number of hydrogen-bond donors (Lipinski definition) is 2. The number of anilines is 2. The minimum Gasteiger partial charge on any atom is -0.481 e. The Morgan fingerprint density at radius 2 is 1.89 bits per heavy atom. The molecular weight excluding hydrogens is 480 g/mol. The number of carboxylic acid groups (broad SMARTS) is 1. The van der Waals surface area contributed by atoms with Crippen molar-refractivity contribution in [2.45, 2.75) is 44.1 Å². The second-order valence-corrected chi connectivity index (χ2v) is 9.66. The number of ether oxygens (including phenoxy) is 4. The molecular formula is C26H32N4O7. The lowest BCUT2D eigenvalue weighted by atomic mass is 9.77. The van der Waals surface area contributed by atoms with Crippen LogP contribution in [0.5, 0.6) is 11.9 Å². The summed E-state index contributed by atoms with van der Waals surface area (Å²) in [4.78, 5) is 34.5. The van der Waals surface area contributed by atoms with E-state index in [1.54, 1.807) is 4.90 Å². The van der Waals surface area contributed by atoms with Gasteiger partial charge in [-0.05, 0) is 55.2 Å². The molecule has 0 radical (unpaired) electrons. The maximum Gasteiger partial charge on any atom is 0.321 e. The van der Waals surface area contributed by atoms with E-state index in [1.165, 1.54) is 5.56 Å². The summed E-state index contributed by atoms with van der Waals surface area (Å²) in [5.41, 5.74) is 8.21. The third kappa shape index (κ3) is 5.94. The molecule has 1 aliphatic carbocycles. The lowest BCUT2D eigenvalue weighted by Crippen LogP contribution is -2.34. The predicted molar refractivity (Wildman–Crippen MR) is 133 cm³/mol. The number of nitrogens with two attached hydrogens (primary N) is 1. The summed E-state index contributed by atoms with van der Waals surface area (Å²) in [5.74, 6) is -0.299. The molecule has 1 saturated carbocycles. The number of fused-ring (bicyclic) bond motifs is 1. The number of aliphatic carboxylic acids is 1. The molecule has 198 valence electrons. The van der Waals surface area contributed by atoms with E-state index in [2.05, 4.69) is 9.97 Å². The lowest BCUT2D eigenvalue weighted by molar-refractivity contribution is -0.138. The second-order valence-electron chi connectivity index (χ2n) is 9.66. The van der Waals surface area contributed by atoms with E-state index in [-0.39, 0.29) is 60.8 Å². The Morgan fingerprint density at radius 3 is 2.59 bits per heavy atom. The van der Waals surface area contributed by atoms with Gasteiger partial charge < -0.3 is 34.7 Å². The number of carbonyl (C=O) groups excluding carboxylic acids is 1. The molecule has 1 aromatic heterocycles. The van der Waals surface area contributed by atoms with Crippen molar-refractivity contribution in [2.24, 2.45) is 5.92 Å². The minimum absolute atomic E-state index is 0.00699. The zero-order chi connectivity index (χ0) is 25.8. The summed E-state index contributed by atoms with van der Waals surface area (Å²) >= 11 is 0. The van der Waals surface area contributed by atoms with Crippen molar-refractivity contribution in [1.82, 2.24) is 9.97 Å². The molecule has 2 aliphatic heterocycles. The summed E-state index contributed by atoms with van der Waals surface area (Å²) in [5, 5.41) is 9.04. The zero-order valence-corrected chi connectivity index (χ0v) is 20.6. The van der Waals surface area contributed by atoms with Crippen LogP contribution in [0.1, 0.15) is 53.9 Å². The molecule has 3 aliphatic rings. The van der Waals surface area contributed by atoms with E-state index < -0.39 is 5.97 Å². The molecule has 5 rings (SSSR count). The first kappa shape index (κ1) is 25.2. The van der Waals surface area contributed by atoms with E-state index in [1.807, 2.05) is 24.3 Å². The molecule has 2 aromatic rings. The summed E-state index contributed by atoms with van der Waals surface area (Å²) in [6, 6.07) is 7.98. The summed E-state index contributed by atoms with van der Waals surface area (Å²) in [6.07, 6.45) is 3.81. The molecule has 0 spiro atoms. The number of nitrogens with zero attached hydrogens (tertiary/aromatic N) is 3. The highest BCUT2D eigenvalue weighted by Gasteiger charge is 2.31. The van der Waals surface area contributed by atoms with Crippen LogP contribution < -0.4 is 20.1 Å². The maximum absolute atomic E-state index is 13.4. The predicted octanol–water partition coefficient (Wildman–Crippen LogP) is 2.64. The van der Waals surface area contributed by atoms with E-state index in [0.29, 0.717) is 32.3 Å². The number of aromatic nitrogens is 2. The normalized spacial score (nSPS) is 24.1. The third-order valence-electron chi connectivity index (χ3n) is 7.17. The molecule has 1 amide bonds. The van der Waals surface area contributed by atoms with E-state index in [4.69, 9.17) is 29.8 Å². The van der Waals surface area contributed by atoms with Crippen LogP contribution in [0.4, 0.5) is 11.5 Å². The van der Waals surface area contributed by atoms with E-state index >= 15 is 0 Å². The number of hydrogen-bond acceptors (Lipinski definition) is 9. The fourth-order valence-corrected chi connectivity index (χ4v) is 5.20. The lowest BCUT2D eigenvalue weighted by Gasteiger charge is -2.28. The zero-order valence-electron chi connectivity index (χ0n) is 20.6. The number of rotatable bonds is 7. The average molecular weight is 513 g/mol. The molecule has 1 saturated heterocycles. The van der Waals surface area contributed by atoms with Crippen LogP contribution in [-0.4, -0.2) is 72.6 Å². The van der Waals surface area contributed by atoms with Gasteiger partial charge in [-0.25, -0.2) is 0 Å². The van der Waals surface area contributed by atoms with Gasteiger partial charge in [0.25, 0.3) is 5.91 Å². The first-order valence-corrected chi connectivity index (χ1v) is 12.7. The number of nitrogen functional groups attached to an aromatic ring is 1. The van der Waals surface area contributed by atoms with Crippen LogP contribution in [0.15, 0.2) is 24.3 Å². The first-order valence-electron chi connectivity index (χ1n) is 12.7. The van der Waals surface area contributed by atoms with Crippen molar-refractivity contribution in [1.29, 1.82) is 0 Å². The highest BCUT2D eigenvalue weighted by molar-refractivity contribution is 6.10. The molecule has 3 heterocycles. The molecule has 11 heteroatoms. The van der Waals surface area contributed by atoms with Crippen LogP contribution in [-0.2, 0) is 14.3 Å². The topological polar surface area (TPSA) is 146 Å². The van der Waals surface area contributed by atoms with E-state index in [9.17, 15) is 9.59 Å². The third-order valence-corrected chi connectivity index (χ3v) is 7.17. The second kappa shape index (κ2) is 11.3. The Kier molecular flexibility index (Phi) is 7.71. The summed E-state index contributed by atoms with van der Waals surface area (Å²) in [6.45, 7) is 2.26. The van der Waals surface area contributed by atoms with Gasteiger partial charge in [-0.3, -0.25) is 9.59 Å². The van der Waals surface area contributed by atoms with Crippen LogP contribution in [0.2, 0.25) is 0 Å². The Morgan fingerprint density at radius 1 is 1.11 bits per heavy atom. The standard InChI is InChI=1S/C26H32N4O7/c27-23-22-24(29-26(28-23)37-15-20-14-34-11-12-35-20)36-10-9-30(25(22)33)19-7-5-18(6-8-19)17-3-1-16(2-4-17)13-21(31)32/h5-8,16-17,20H,1-4,9-15H2,(H,31,32)(H2,27,28,29). The van der Waals surface area contributed by atoms with Crippen LogP contribution in [0.3, 0.4) is 0 Å². The van der Waals surface area contributed by atoms with Gasteiger partial charge in [0, 0.05) is 12.1 Å². The van der Waals surface area contributed by atoms with Crippen LogP contribution in [0, 0.1) is 5.92 Å². The molecule has 2 fully saturated rings. The Labute approximate surface area is 214 Å². The molecule has 37 heavy (non-hydrogen) atoms. The van der Waals surface area contributed by atoms with Gasteiger partial charge in [0.2, 0.25) is 5.88 Å². The summed E-state index contributed by atoms with van der Waals surface area (Å²) < 4.78 is 22.3. The van der Waals surface area contributed by atoms with Crippen molar-refractivity contribution in [3.8, 4) is 11.9 Å². The maximum atomic E-state index is 13.4. The van der Waals surface area contributed by atoms with Gasteiger partial charge in [0.15, 0.2) is 0 Å². The molecule has 0 bridgehead atoms. The SMILES string of the molecule is Nc1nc(OCC2COCCO2)nc2c1C(=O)N(c1ccc(C3CCC(CC(=O)O)CC3)cc1)CCO2.